The van der Waals surface area contributed by atoms with Gasteiger partial charge in [0.15, 0.2) is 0 Å². The Labute approximate surface area is 179 Å². The number of hydrogen-bond donors (Lipinski definition) is 2. The highest BCUT2D eigenvalue weighted by Gasteiger charge is 2.14. The number of anilines is 1. The van der Waals surface area contributed by atoms with E-state index >= 15 is 0 Å². The molecule has 0 fully saturated rings. The van der Waals surface area contributed by atoms with Crippen molar-refractivity contribution < 1.29 is 14.3 Å². The van der Waals surface area contributed by atoms with Crippen LogP contribution in [0.2, 0.25) is 0 Å². The largest absolute Gasteiger partial charge is 0.494 e. The Morgan fingerprint density at radius 3 is 2.74 bits per heavy atom. The van der Waals surface area contributed by atoms with Gasteiger partial charge in [-0.2, -0.15) is 5.26 Å². The van der Waals surface area contributed by atoms with Crippen molar-refractivity contribution >= 4 is 22.7 Å². The van der Waals surface area contributed by atoms with Crippen LogP contribution in [0.15, 0.2) is 67.0 Å². The van der Waals surface area contributed by atoms with Crippen molar-refractivity contribution in [2.75, 3.05) is 11.9 Å². The quantitative estimate of drug-likeness (QED) is 0.451. The lowest BCUT2D eigenvalue weighted by Crippen LogP contribution is -2.13. The zero-order valence-electron chi connectivity index (χ0n) is 16.9. The van der Waals surface area contributed by atoms with Gasteiger partial charge in [0.05, 0.1) is 23.4 Å². The van der Waals surface area contributed by atoms with E-state index in [2.05, 4.69) is 21.4 Å². The van der Waals surface area contributed by atoms with E-state index in [0.29, 0.717) is 17.9 Å². The lowest BCUT2D eigenvalue weighted by molar-refractivity contribution is 0.155. The number of hydrogen-bond acceptors (Lipinski definition) is 5. The van der Waals surface area contributed by atoms with E-state index in [1.807, 2.05) is 43.3 Å². The smallest absolute Gasteiger partial charge is 0.411 e. The first-order chi connectivity index (χ1) is 15.2. The Hall–Kier alpha value is -4.31. The lowest BCUT2D eigenvalue weighted by Gasteiger charge is -2.08. The summed E-state index contributed by atoms with van der Waals surface area (Å²) >= 11 is 0. The van der Waals surface area contributed by atoms with Gasteiger partial charge in [0, 0.05) is 35.1 Å². The second kappa shape index (κ2) is 9.01. The summed E-state index contributed by atoms with van der Waals surface area (Å²) in [5.41, 5.74) is 4.35. The molecule has 0 atom stereocenters. The highest BCUT2D eigenvalue weighted by atomic mass is 16.5. The first-order valence-electron chi connectivity index (χ1n) is 9.79. The Bertz CT molecular complexity index is 1240. The van der Waals surface area contributed by atoms with Crippen molar-refractivity contribution in [1.82, 2.24) is 9.97 Å². The predicted molar refractivity (Wildman–Crippen MR) is 118 cm³/mol. The molecular weight excluding hydrogens is 392 g/mol. The van der Waals surface area contributed by atoms with Gasteiger partial charge in [-0.05, 0) is 42.8 Å². The third-order valence-electron chi connectivity index (χ3n) is 4.71. The molecule has 0 aliphatic carbocycles. The SMILES string of the molecule is CCOc1ccc2c(C#N)c(-c3ccc(NC(=O)OCc4cccnc4)cc3)[nH]c2c1. The average molecular weight is 412 g/mol. The molecule has 0 saturated heterocycles. The topological polar surface area (TPSA) is 100 Å². The molecule has 0 saturated carbocycles. The zero-order chi connectivity index (χ0) is 21.6. The maximum Gasteiger partial charge on any atom is 0.411 e. The number of amides is 1. The van der Waals surface area contributed by atoms with Gasteiger partial charge in [0.25, 0.3) is 0 Å². The molecule has 0 unspecified atom stereocenters. The second-order valence-corrected chi connectivity index (χ2v) is 6.77. The number of pyridine rings is 1. The van der Waals surface area contributed by atoms with Gasteiger partial charge < -0.3 is 14.5 Å². The van der Waals surface area contributed by atoms with E-state index in [9.17, 15) is 10.1 Å². The zero-order valence-corrected chi connectivity index (χ0v) is 16.9. The predicted octanol–water partition coefficient (Wildman–Crippen LogP) is 5.25. The minimum atomic E-state index is -0.552. The van der Waals surface area contributed by atoms with Gasteiger partial charge in [-0.15, -0.1) is 0 Å². The number of aromatic amines is 1. The molecule has 4 aromatic rings. The van der Waals surface area contributed by atoms with Crippen LogP contribution in [0.4, 0.5) is 10.5 Å². The van der Waals surface area contributed by atoms with Crippen LogP contribution in [0.25, 0.3) is 22.2 Å². The lowest BCUT2D eigenvalue weighted by atomic mass is 10.1. The molecule has 2 heterocycles. The van der Waals surface area contributed by atoms with Crippen LogP contribution >= 0.6 is 0 Å². The number of aromatic nitrogens is 2. The second-order valence-electron chi connectivity index (χ2n) is 6.77. The van der Waals surface area contributed by atoms with Crippen molar-refractivity contribution in [3.63, 3.8) is 0 Å². The molecular formula is C24H20N4O3. The van der Waals surface area contributed by atoms with Gasteiger partial charge in [0.1, 0.15) is 18.4 Å². The Morgan fingerprint density at radius 2 is 2.03 bits per heavy atom. The number of nitrogens with zero attached hydrogens (tertiary/aromatic N) is 2. The van der Waals surface area contributed by atoms with Gasteiger partial charge in [-0.3, -0.25) is 10.3 Å². The Kier molecular flexibility index (Phi) is 5.81. The highest BCUT2D eigenvalue weighted by Crippen LogP contribution is 2.32. The Balaban J connectivity index is 1.49. The number of carbonyl (C=O) groups excluding carboxylic acids is 1. The first kappa shape index (κ1) is 20.0. The van der Waals surface area contributed by atoms with Gasteiger partial charge in [-0.1, -0.05) is 18.2 Å². The van der Waals surface area contributed by atoms with Crippen molar-refractivity contribution in [3.8, 4) is 23.1 Å². The van der Waals surface area contributed by atoms with E-state index < -0.39 is 6.09 Å². The van der Waals surface area contributed by atoms with Crippen LogP contribution in [-0.4, -0.2) is 22.7 Å². The molecule has 4 rings (SSSR count). The summed E-state index contributed by atoms with van der Waals surface area (Å²) in [4.78, 5) is 19.3. The molecule has 2 aromatic heterocycles. The standard InChI is InChI=1S/C24H20N4O3/c1-2-30-19-9-10-20-21(13-25)23(28-22(20)12-19)17-5-7-18(8-6-17)27-24(29)31-15-16-4-3-11-26-14-16/h3-12,14,28H,2,15H2,1H3,(H,27,29). The third kappa shape index (κ3) is 4.49. The maximum absolute atomic E-state index is 12.0. The van der Waals surface area contributed by atoms with E-state index in [-0.39, 0.29) is 6.61 Å². The highest BCUT2D eigenvalue weighted by molar-refractivity contribution is 5.94. The summed E-state index contributed by atoms with van der Waals surface area (Å²) in [6.45, 7) is 2.64. The monoisotopic (exact) mass is 412 g/mol. The third-order valence-corrected chi connectivity index (χ3v) is 4.71. The summed E-state index contributed by atoms with van der Waals surface area (Å²) in [5, 5.41) is 13.2. The molecule has 0 bridgehead atoms. The molecule has 0 spiro atoms. The molecule has 154 valence electrons. The van der Waals surface area contributed by atoms with E-state index in [0.717, 1.165) is 33.5 Å². The fraction of sp³-hybridized carbons (Fsp3) is 0.125. The van der Waals surface area contributed by atoms with Gasteiger partial charge >= 0.3 is 6.09 Å². The summed E-state index contributed by atoms with van der Waals surface area (Å²) < 4.78 is 10.7. The van der Waals surface area contributed by atoms with Crippen LogP contribution in [0.3, 0.4) is 0 Å². The minimum Gasteiger partial charge on any atom is -0.494 e. The molecule has 7 heteroatoms. The van der Waals surface area contributed by atoms with Crippen molar-refractivity contribution in [1.29, 1.82) is 5.26 Å². The number of rotatable bonds is 6. The maximum atomic E-state index is 12.0. The fourth-order valence-electron chi connectivity index (χ4n) is 3.27. The van der Waals surface area contributed by atoms with Gasteiger partial charge in [-0.25, -0.2) is 4.79 Å². The number of carbonyl (C=O) groups is 1. The number of ether oxygens (including phenoxy) is 2. The molecule has 0 aliphatic rings. The normalized spacial score (nSPS) is 10.5. The Morgan fingerprint density at radius 1 is 1.19 bits per heavy atom. The van der Waals surface area contributed by atoms with E-state index in [1.165, 1.54) is 0 Å². The fourth-order valence-corrected chi connectivity index (χ4v) is 3.27. The van der Waals surface area contributed by atoms with E-state index in [1.54, 1.807) is 30.6 Å². The number of nitrogens with one attached hydrogen (secondary N) is 2. The van der Waals surface area contributed by atoms with Crippen LogP contribution in [-0.2, 0) is 11.3 Å². The summed E-state index contributed by atoms with van der Waals surface area (Å²) in [6.07, 6.45) is 2.75. The molecule has 31 heavy (non-hydrogen) atoms. The van der Waals surface area contributed by atoms with Crippen LogP contribution in [0, 0.1) is 11.3 Å². The van der Waals surface area contributed by atoms with Crippen LogP contribution in [0.5, 0.6) is 5.75 Å². The molecule has 2 aromatic carbocycles. The van der Waals surface area contributed by atoms with Crippen LogP contribution < -0.4 is 10.1 Å². The molecule has 1 amide bonds. The molecule has 0 aliphatic heterocycles. The van der Waals surface area contributed by atoms with Gasteiger partial charge in [0.2, 0.25) is 0 Å². The average Bonchev–Trinajstić information content (AvgIpc) is 3.17. The minimum absolute atomic E-state index is 0.141. The number of nitriles is 1. The van der Waals surface area contributed by atoms with E-state index in [4.69, 9.17) is 9.47 Å². The number of H-pyrrole nitrogens is 1. The molecule has 0 radical (unpaired) electrons. The molecule has 2 N–H and O–H groups in total. The molecule has 7 nitrogen and oxygen atoms in total. The first-order valence-corrected chi connectivity index (χ1v) is 9.79. The summed E-state index contributed by atoms with van der Waals surface area (Å²) in [5.74, 6) is 0.747. The number of fused-ring (bicyclic) bond motifs is 1. The van der Waals surface area contributed by atoms with Crippen LogP contribution in [0.1, 0.15) is 18.1 Å². The van der Waals surface area contributed by atoms with Crippen molar-refractivity contribution in [2.45, 2.75) is 13.5 Å². The van der Waals surface area contributed by atoms with Crippen molar-refractivity contribution in [3.05, 3.63) is 78.1 Å². The summed E-state index contributed by atoms with van der Waals surface area (Å²) in [6, 6.07) is 18.7. The number of benzene rings is 2. The van der Waals surface area contributed by atoms with Crippen molar-refractivity contribution in [2.24, 2.45) is 0 Å². The summed E-state index contributed by atoms with van der Waals surface area (Å²) in [7, 11) is 0.